The summed E-state index contributed by atoms with van der Waals surface area (Å²) in [6.45, 7) is 5.59. The lowest BCUT2D eigenvalue weighted by molar-refractivity contribution is -0.132. The fourth-order valence-corrected chi connectivity index (χ4v) is 3.72. The van der Waals surface area contributed by atoms with E-state index in [1.807, 2.05) is 68.4 Å². The maximum atomic E-state index is 13.2. The molecular weight excluding hydrogens is 378 g/mol. The largest absolute Gasteiger partial charge is 0.393 e. The van der Waals surface area contributed by atoms with Crippen molar-refractivity contribution in [3.05, 3.63) is 65.7 Å². The molecule has 0 saturated carbocycles. The standard InChI is InChI=1S/C24H29N3O3/c1-15(2)14-19(16(3)28)23(29)26-22-24(30)27(4)20-13-9-8-12-18(20)21(25-22)17-10-6-5-7-11-17/h5-13,15-16,19,22,28H,14H2,1-4H3,(H,26,29)/t16-,19?,22?/m0/s1. The molecule has 0 radical (unpaired) electrons. The molecule has 158 valence electrons. The van der Waals surface area contributed by atoms with Gasteiger partial charge in [-0.15, -0.1) is 0 Å². The monoisotopic (exact) mass is 407 g/mol. The third kappa shape index (κ3) is 4.60. The van der Waals surface area contributed by atoms with Crippen LogP contribution in [0.4, 0.5) is 5.69 Å². The lowest BCUT2D eigenvalue weighted by atomic mass is 9.92. The maximum absolute atomic E-state index is 13.2. The van der Waals surface area contributed by atoms with E-state index in [9.17, 15) is 14.7 Å². The Morgan fingerprint density at radius 2 is 1.73 bits per heavy atom. The Morgan fingerprint density at radius 1 is 1.10 bits per heavy atom. The van der Waals surface area contributed by atoms with E-state index in [-0.39, 0.29) is 17.7 Å². The number of amides is 2. The second-order valence-corrected chi connectivity index (χ2v) is 8.15. The zero-order chi connectivity index (χ0) is 21.8. The van der Waals surface area contributed by atoms with Crippen molar-refractivity contribution in [1.29, 1.82) is 0 Å². The molecule has 1 heterocycles. The number of aliphatic hydroxyl groups excluding tert-OH is 1. The van der Waals surface area contributed by atoms with E-state index in [1.165, 1.54) is 4.90 Å². The zero-order valence-corrected chi connectivity index (χ0v) is 17.9. The third-order valence-corrected chi connectivity index (χ3v) is 5.31. The summed E-state index contributed by atoms with van der Waals surface area (Å²) in [6.07, 6.45) is -1.37. The fourth-order valence-electron chi connectivity index (χ4n) is 3.72. The zero-order valence-electron chi connectivity index (χ0n) is 17.9. The van der Waals surface area contributed by atoms with Crippen LogP contribution in [0, 0.1) is 11.8 Å². The minimum Gasteiger partial charge on any atom is -0.393 e. The highest BCUT2D eigenvalue weighted by Crippen LogP contribution is 2.27. The summed E-state index contributed by atoms with van der Waals surface area (Å²) >= 11 is 0. The molecule has 6 nitrogen and oxygen atoms in total. The Labute approximate surface area is 177 Å². The fraction of sp³-hybridized carbons (Fsp3) is 0.375. The second kappa shape index (κ2) is 9.22. The first kappa shape index (κ1) is 21.7. The molecular formula is C24H29N3O3. The van der Waals surface area contributed by atoms with Crippen LogP contribution >= 0.6 is 0 Å². The summed E-state index contributed by atoms with van der Waals surface area (Å²) in [5, 5.41) is 12.9. The average Bonchev–Trinajstić information content (AvgIpc) is 2.83. The number of anilines is 1. The maximum Gasteiger partial charge on any atom is 0.272 e. The van der Waals surface area contributed by atoms with Gasteiger partial charge >= 0.3 is 0 Å². The number of benzene rings is 2. The Hall–Kier alpha value is -2.99. The lowest BCUT2D eigenvalue weighted by Gasteiger charge is -2.25. The van der Waals surface area contributed by atoms with Crippen LogP contribution in [0.2, 0.25) is 0 Å². The van der Waals surface area contributed by atoms with Gasteiger partial charge in [-0.3, -0.25) is 9.59 Å². The summed E-state index contributed by atoms with van der Waals surface area (Å²) < 4.78 is 0. The predicted octanol–water partition coefficient (Wildman–Crippen LogP) is 2.99. The Bertz CT molecular complexity index is 938. The first-order valence-electron chi connectivity index (χ1n) is 10.3. The van der Waals surface area contributed by atoms with Crippen LogP contribution in [0.25, 0.3) is 0 Å². The van der Waals surface area contributed by atoms with Gasteiger partial charge in [0.05, 0.1) is 23.4 Å². The van der Waals surface area contributed by atoms with Gasteiger partial charge in [-0.05, 0) is 25.3 Å². The number of fused-ring (bicyclic) bond motifs is 1. The molecule has 0 fully saturated rings. The number of rotatable bonds is 6. The molecule has 1 aliphatic heterocycles. The molecule has 0 bridgehead atoms. The number of nitrogens with zero attached hydrogens (tertiary/aromatic N) is 2. The number of likely N-dealkylation sites (N-methyl/N-ethyl adjacent to an activating group) is 1. The molecule has 0 spiro atoms. The number of hydrogen-bond acceptors (Lipinski definition) is 4. The summed E-state index contributed by atoms with van der Waals surface area (Å²) in [7, 11) is 1.68. The van der Waals surface area contributed by atoms with Crippen LogP contribution in [0.1, 0.15) is 38.3 Å². The normalized spacial score (nSPS) is 18.3. The first-order valence-corrected chi connectivity index (χ1v) is 10.3. The molecule has 0 aliphatic carbocycles. The van der Waals surface area contributed by atoms with Gasteiger partial charge in [-0.2, -0.15) is 0 Å². The van der Waals surface area contributed by atoms with E-state index in [0.29, 0.717) is 12.1 Å². The molecule has 2 aromatic carbocycles. The summed E-state index contributed by atoms with van der Waals surface area (Å²) in [4.78, 5) is 32.4. The molecule has 2 aromatic rings. The van der Waals surface area contributed by atoms with E-state index in [1.54, 1.807) is 14.0 Å². The summed E-state index contributed by atoms with van der Waals surface area (Å²) in [5.41, 5.74) is 3.06. The van der Waals surface area contributed by atoms with Crippen molar-refractivity contribution in [2.45, 2.75) is 39.5 Å². The van der Waals surface area contributed by atoms with Crippen molar-refractivity contribution in [3.63, 3.8) is 0 Å². The number of benzodiazepines with no additional fused rings is 1. The Morgan fingerprint density at radius 3 is 2.37 bits per heavy atom. The average molecular weight is 408 g/mol. The van der Waals surface area contributed by atoms with Crippen molar-refractivity contribution in [2.24, 2.45) is 16.8 Å². The number of para-hydroxylation sites is 1. The van der Waals surface area contributed by atoms with Crippen LogP contribution in [0.15, 0.2) is 59.6 Å². The summed E-state index contributed by atoms with van der Waals surface area (Å²) in [6, 6.07) is 17.2. The van der Waals surface area contributed by atoms with Crippen molar-refractivity contribution in [3.8, 4) is 0 Å². The van der Waals surface area contributed by atoms with Gasteiger partial charge < -0.3 is 15.3 Å². The van der Waals surface area contributed by atoms with Gasteiger partial charge in [-0.25, -0.2) is 4.99 Å². The van der Waals surface area contributed by atoms with Gasteiger partial charge in [0.1, 0.15) is 0 Å². The van der Waals surface area contributed by atoms with E-state index in [4.69, 9.17) is 4.99 Å². The van der Waals surface area contributed by atoms with Gasteiger partial charge in [0.2, 0.25) is 12.1 Å². The Kier molecular flexibility index (Phi) is 6.67. The second-order valence-electron chi connectivity index (χ2n) is 8.15. The minimum absolute atomic E-state index is 0.232. The molecule has 6 heteroatoms. The first-order chi connectivity index (χ1) is 14.3. The highest BCUT2D eigenvalue weighted by Gasteiger charge is 2.33. The van der Waals surface area contributed by atoms with Crippen molar-refractivity contribution in [2.75, 3.05) is 11.9 Å². The van der Waals surface area contributed by atoms with E-state index in [2.05, 4.69) is 5.32 Å². The molecule has 2 unspecified atom stereocenters. The molecule has 0 aromatic heterocycles. The third-order valence-electron chi connectivity index (χ3n) is 5.31. The van der Waals surface area contributed by atoms with Crippen LogP contribution in [0.5, 0.6) is 0 Å². The van der Waals surface area contributed by atoms with Crippen molar-refractivity contribution in [1.82, 2.24) is 5.32 Å². The molecule has 2 amide bonds. The SMILES string of the molecule is CC(C)CC(C(=O)NC1N=C(c2ccccc2)c2ccccc2N(C)C1=O)[C@H](C)O. The molecule has 0 saturated heterocycles. The number of aliphatic hydroxyl groups is 1. The number of carbonyl (C=O) groups is 2. The lowest BCUT2D eigenvalue weighted by Crippen LogP contribution is -2.49. The van der Waals surface area contributed by atoms with Crippen LogP contribution in [-0.2, 0) is 9.59 Å². The van der Waals surface area contributed by atoms with Crippen LogP contribution in [0.3, 0.4) is 0 Å². The molecule has 1 aliphatic rings. The van der Waals surface area contributed by atoms with Crippen molar-refractivity contribution < 1.29 is 14.7 Å². The quantitative estimate of drug-likeness (QED) is 0.772. The van der Waals surface area contributed by atoms with Gasteiger partial charge in [0.15, 0.2) is 0 Å². The predicted molar refractivity (Wildman–Crippen MR) is 118 cm³/mol. The van der Waals surface area contributed by atoms with E-state index >= 15 is 0 Å². The topological polar surface area (TPSA) is 82.0 Å². The molecule has 3 atom stereocenters. The van der Waals surface area contributed by atoms with Gasteiger partial charge in [0, 0.05) is 18.2 Å². The van der Waals surface area contributed by atoms with E-state index in [0.717, 1.165) is 16.8 Å². The molecule has 3 rings (SSSR count). The van der Waals surface area contributed by atoms with Gasteiger partial charge in [0.25, 0.3) is 5.91 Å². The minimum atomic E-state index is -1.07. The number of hydrogen-bond donors (Lipinski definition) is 2. The number of nitrogens with one attached hydrogen (secondary N) is 1. The molecule has 30 heavy (non-hydrogen) atoms. The highest BCUT2D eigenvalue weighted by atomic mass is 16.3. The van der Waals surface area contributed by atoms with Crippen LogP contribution in [-0.4, -0.2) is 41.9 Å². The van der Waals surface area contributed by atoms with Crippen LogP contribution < -0.4 is 10.2 Å². The smallest absolute Gasteiger partial charge is 0.272 e. The number of carbonyl (C=O) groups excluding carboxylic acids is 2. The highest BCUT2D eigenvalue weighted by molar-refractivity contribution is 6.20. The molecule has 2 N–H and O–H groups in total. The number of aliphatic imine (C=N–C) groups is 1. The Balaban J connectivity index is 2.02. The summed E-state index contributed by atoms with van der Waals surface area (Å²) in [5.74, 6) is -1.07. The van der Waals surface area contributed by atoms with E-state index < -0.39 is 18.2 Å². The van der Waals surface area contributed by atoms with Gasteiger partial charge in [-0.1, -0.05) is 62.4 Å². The van der Waals surface area contributed by atoms with Crippen molar-refractivity contribution >= 4 is 23.2 Å².